The number of nitrogens with zero attached hydrogens (tertiary/aromatic N) is 2. The highest BCUT2D eigenvalue weighted by atomic mass is 16.5. The van der Waals surface area contributed by atoms with E-state index in [1.54, 1.807) is 0 Å². The molecule has 2 heterocycles. The summed E-state index contributed by atoms with van der Waals surface area (Å²) < 4.78 is 11.6. The van der Waals surface area contributed by atoms with Crippen LogP contribution in [0.4, 0.5) is 0 Å². The lowest BCUT2D eigenvalue weighted by Gasteiger charge is -2.22. The fraction of sp³-hybridized carbons (Fsp3) is 0.360. The molecule has 4 rings (SSSR count). The molecule has 1 aromatic heterocycles. The first kappa shape index (κ1) is 20.4. The van der Waals surface area contributed by atoms with E-state index in [1.807, 2.05) is 66.7 Å². The molecule has 3 aromatic rings. The van der Waals surface area contributed by atoms with Crippen LogP contribution in [-0.4, -0.2) is 29.9 Å². The predicted molar refractivity (Wildman–Crippen MR) is 119 cm³/mol. The van der Waals surface area contributed by atoms with Crippen LogP contribution in [0, 0.1) is 5.92 Å². The van der Waals surface area contributed by atoms with Gasteiger partial charge in [-0.3, -0.25) is 0 Å². The summed E-state index contributed by atoms with van der Waals surface area (Å²) >= 11 is 0. The highest BCUT2D eigenvalue weighted by molar-refractivity contribution is 5.59. The van der Waals surface area contributed by atoms with Gasteiger partial charge in [-0.2, -0.15) is 0 Å². The van der Waals surface area contributed by atoms with E-state index in [-0.39, 0.29) is 0 Å². The smallest absolute Gasteiger partial charge is 0.233 e. The quantitative estimate of drug-likeness (QED) is 0.516. The molecule has 1 aliphatic heterocycles. The number of aromatic nitrogens is 2. The molecule has 5 nitrogen and oxygen atoms in total. The third kappa shape index (κ3) is 6.04. The van der Waals surface area contributed by atoms with Crippen molar-refractivity contribution in [3.8, 4) is 22.9 Å². The topological polar surface area (TPSA) is 56.3 Å². The summed E-state index contributed by atoms with van der Waals surface area (Å²) in [7, 11) is 0. The Morgan fingerprint density at radius 2 is 1.77 bits per heavy atom. The molecule has 0 radical (unpaired) electrons. The van der Waals surface area contributed by atoms with Gasteiger partial charge in [-0.1, -0.05) is 30.3 Å². The summed E-state index contributed by atoms with van der Waals surface area (Å²) in [6.07, 6.45) is 4.98. The maximum Gasteiger partial charge on any atom is 0.233 e. The first-order valence-corrected chi connectivity index (χ1v) is 10.8. The predicted octanol–water partition coefficient (Wildman–Crippen LogP) is 4.88. The van der Waals surface area contributed by atoms with Crippen molar-refractivity contribution in [3.63, 3.8) is 0 Å². The van der Waals surface area contributed by atoms with E-state index in [1.165, 1.54) is 25.8 Å². The summed E-state index contributed by atoms with van der Waals surface area (Å²) in [6.45, 7) is 3.58. The van der Waals surface area contributed by atoms with E-state index in [9.17, 15) is 0 Å². The monoisotopic (exact) mass is 403 g/mol. The van der Waals surface area contributed by atoms with Crippen molar-refractivity contribution in [1.82, 2.24) is 15.5 Å². The molecular weight excluding hydrogens is 374 g/mol. The van der Waals surface area contributed by atoms with Gasteiger partial charge in [0.05, 0.1) is 12.3 Å². The third-order valence-corrected chi connectivity index (χ3v) is 5.44. The van der Waals surface area contributed by atoms with Gasteiger partial charge >= 0.3 is 0 Å². The lowest BCUT2D eigenvalue weighted by atomic mass is 9.95. The number of ether oxygens (including phenoxy) is 2. The lowest BCUT2D eigenvalue weighted by molar-refractivity contribution is 0.275. The van der Waals surface area contributed by atoms with Gasteiger partial charge in [0, 0.05) is 11.6 Å². The van der Waals surface area contributed by atoms with Crippen LogP contribution in [0.15, 0.2) is 66.7 Å². The SMILES string of the molecule is c1ccc(COc2ccc(-c3ccc(OCCCC4CCCNC4)cc3)nn2)cc1. The highest BCUT2D eigenvalue weighted by Gasteiger charge is 2.12. The highest BCUT2D eigenvalue weighted by Crippen LogP contribution is 2.22. The van der Waals surface area contributed by atoms with Crippen LogP contribution in [0.3, 0.4) is 0 Å². The van der Waals surface area contributed by atoms with Crippen LogP contribution in [0.2, 0.25) is 0 Å². The van der Waals surface area contributed by atoms with Crippen molar-refractivity contribution in [2.75, 3.05) is 19.7 Å². The summed E-state index contributed by atoms with van der Waals surface area (Å²) in [5.74, 6) is 2.23. The van der Waals surface area contributed by atoms with Crippen molar-refractivity contribution >= 4 is 0 Å². The van der Waals surface area contributed by atoms with E-state index < -0.39 is 0 Å². The van der Waals surface area contributed by atoms with E-state index in [0.29, 0.717) is 12.5 Å². The zero-order valence-electron chi connectivity index (χ0n) is 17.3. The van der Waals surface area contributed by atoms with Gasteiger partial charge in [0.2, 0.25) is 5.88 Å². The van der Waals surface area contributed by atoms with Crippen LogP contribution in [-0.2, 0) is 6.61 Å². The molecule has 156 valence electrons. The molecule has 30 heavy (non-hydrogen) atoms. The summed E-state index contributed by atoms with van der Waals surface area (Å²) in [5, 5.41) is 12.0. The zero-order chi connectivity index (χ0) is 20.4. The van der Waals surface area contributed by atoms with Crippen molar-refractivity contribution in [2.45, 2.75) is 32.3 Å². The lowest BCUT2D eigenvalue weighted by Crippen LogP contribution is -2.29. The summed E-state index contributed by atoms with van der Waals surface area (Å²) in [5.41, 5.74) is 2.94. The van der Waals surface area contributed by atoms with Crippen molar-refractivity contribution in [1.29, 1.82) is 0 Å². The molecular formula is C25H29N3O2. The van der Waals surface area contributed by atoms with Gasteiger partial charge in [0.1, 0.15) is 12.4 Å². The molecule has 0 bridgehead atoms. The van der Waals surface area contributed by atoms with Gasteiger partial charge in [-0.15, -0.1) is 10.2 Å². The number of piperidine rings is 1. The van der Waals surface area contributed by atoms with Crippen LogP contribution >= 0.6 is 0 Å². The Morgan fingerprint density at radius 1 is 0.900 bits per heavy atom. The number of nitrogens with one attached hydrogen (secondary N) is 1. The molecule has 0 saturated carbocycles. The largest absolute Gasteiger partial charge is 0.494 e. The molecule has 2 aromatic carbocycles. The third-order valence-electron chi connectivity index (χ3n) is 5.44. The van der Waals surface area contributed by atoms with Gasteiger partial charge < -0.3 is 14.8 Å². The second-order valence-electron chi connectivity index (χ2n) is 7.76. The number of hydrogen-bond donors (Lipinski definition) is 1. The molecule has 1 saturated heterocycles. The maximum absolute atomic E-state index is 5.90. The zero-order valence-corrected chi connectivity index (χ0v) is 17.3. The minimum absolute atomic E-state index is 0.484. The van der Waals surface area contributed by atoms with Crippen LogP contribution < -0.4 is 14.8 Å². The molecule has 1 atom stereocenters. The number of benzene rings is 2. The van der Waals surface area contributed by atoms with E-state index in [2.05, 4.69) is 15.5 Å². The molecule has 0 aliphatic carbocycles. The average Bonchev–Trinajstić information content (AvgIpc) is 2.83. The molecule has 5 heteroatoms. The Hall–Kier alpha value is -2.92. The van der Waals surface area contributed by atoms with Crippen LogP contribution in [0.5, 0.6) is 11.6 Å². The van der Waals surface area contributed by atoms with Gasteiger partial charge in [0.15, 0.2) is 0 Å². The maximum atomic E-state index is 5.90. The first-order chi connectivity index (χ1) is 14.9. The second kappa shape index (κ2) is 10.7. The van der Waals surface area contributed by atoms with Crippen molar-refractivity contribution < 1.29 is 9.47 Å². The Bertz CT molecular complexity index is 877. The van der Waals surface area contributed by atoms with Crippen molar-refractivity contribution in [3.05, 3.63) is 72.3 Å². The van der Waals surface area contributed by atoms with E-state index in [4.69, 9.17) is 9.47 Å². The Kier molecular flexibility index (Phi) is 7.29. The van der Waals surface area contributed by atoms with Crippen LogP contribution in [0.25, 0.3) is 11.3 Å². The Labute approximate surface area is 178 Å². The normalized spacial score (nSPS) is 16.2. The van der Waals surface area contributed by atoms with Gasteiger partial charge in [0.25, 0.3) is 0 Å². The minimum Gasteiger partial charge on any atom is -0.494 e. The molecule has 0 spiro atoms. The fourth-order valence-corrected chi connectivity index (χ4v) is 3.74. The minimum atomic E-state index is 0.484. The summed E-state index contributed by atoms with van der Waals surface area (Å²) in [6, 6.07) is 21.9. The van der Waals surface area contributed by atoms with E-state index >= 15 is 0 Å². The molecule has 0 amide bonds. The molecule has 1 aliphatic rings. The summed E-state index contributed by atoms with van der Waals surface area (Å²) in [4.78, 5) is 0. The molecule has 1 unspecified atom stereocenters. The fourth-order valence-electron chi connectivity index (χ4n) is 3.74. The van der Waals surface area contributed by atoms with Gasteiger partial charge in [-0.25, -0.2) is 0 Å². The van der Waals surface area contributed by atoms with E-state index in [0.717, 1.165) is 48.1 Å². The average molecular weight is 404 g/mol. The molecule has 1 fully saturated rings. The Morgan fingerprint density at radius 3 is 2.50 bits per heavy atom. The first-order valence-electron chi connectivity index (χ1n) is 10.8. The Balaban J connectivity index is 1.23. The molecule has 1 N–H and O–H groups in total. The van der Waals surface area contributed by atoms with Crippen LogP contribution in [0.1, 0.15) is 31.2 Å². The second-order valence-corrected chi connectivity index (χ2v) is 7.76. The standard InChI is InChI=1S/C25H29N3O2/c1-2-6-21(7-3-1)19-30-25-15-14-24(27-28-25)22-10-12-23(13-11-22)29-17-5-9-20-8-4-16-26-18-20/h1-3,6-7,10-15,20,26H,4-5,8-9,16-19H2. The van der Waals surface area contributed by atoms with Gasteiger partial charge in [-0.05, 0) is 80.6 Å². The van der Waals surface area contributed by atoms with Crippen molar-refractivity contribution in [2.24, 2.45) is 5.92 Å². The number of hydrogen-bond acceptors (Lipinski definition) is 5. The number of rotatable bonds is 9.